The summed E-state index contributed by atoms with van der Waals surface area (Å²) in [6, 6.07) is -1.44. The van der Waals surface area contributed by atoms with Crippen molar-refractivity contribution in [2.75, 3.05) is 12.8 Å². The zero-order valence-corrected chi connectivity index (χ0v) is 12.6. The van der Waals surface area contributed by atoms with Gasteiger partial charge in [0, 0.05) is 12.8 Å². The molecule has 0 aliphatic heterocycles. The highest BCUT2D eigenvalue weighted by Crippen LogP contribution is 2.30. The molecule has 0 spiro atoms. The topological polar surface area (TPSA) is 113 Å². The Hall–Kier alpha value is -1.52. The number of nitrogens with one attached hydrogen (secondary N) is 2. The van der Waals surface area contributed by atoms with Crippen molar-refractivity contribution >= 4 is 21.8 Å². The van der Waals surface area contributed by atoms with Crippen molar-refractivity contribution in [1.29, 1.82) is 0 Å². The second-order valence-electron chi connectivity index (χ2n) is 5.27. The lowest BCUT2D eigenvalue weighted by molar-refractivity contribution is -0.203. The molecule has 11 heteroatoms. The number of rotatable bonds is 5. The van der Waals surface area contributed by atoms with E-state index < -0.39 is 44.8 Å². The Morgan fingerprint density at radius 3 is 1.86 bits per heavy atom. The molecular weight excluding hydrogens is 317 g/mol. The molecule has 0 aromatic heterocycles. The maximum atomic E-state index is 12.7. The number of carboxylic acids is 1. The molecule has 124 valence electrons. The molecule has 0 heterocycles. The van der Waals surface area contributed by atoms with Crippen molar-refractivity contribution in [3.63, 3.8) is 0 Å². The van der Waals surface area contributed by atoms with Gasteiger partial charge in [-0.1, -0.05) is 0 Å². The number of urea groups is 1. The summed E-state index contributed by atoms with van der Waals surface area (Å²) in [6.07, 6.45) is -4.31. The van der Waals surface area contributed by atoms with Crippen LogP contribution < -0.4 is 10.6 Å². The summed E-state index contributed by atoms with van der Waals surface area (Å²) in [5.74, 6) is -2.28. The number of aliphatic carboxylic acids is 1. The van der Waals surface area contributed by atoms with Gasteiger partial charge in [-0.15, -0.1) is 0 Å². The van der Waals surface area contributed by atoms with Crippen molar-refractivity contribution in [3.05, 3.63) is 0 Å². The molecule has 0 fully saturated rings. The SMILES string of the molecule is CC(NC(=O)NCC(C)(C)S(C)(=O)=O)(C(=O)O)C(F)(F)F. The van der Waals surface area contributed by atoms with Crippen LogP contribution in [0.4, 0.5) is 18.0 Å². The second-order valence-corrected chi connectivity index (χ2v) is 7.92. The predicted molar refractivity (Wildman–Crippen MR) is 67.6 cm³/mol. The van der Waals surface area contributed by atoms with Gasteiger partial charge in [0.1, 0.15) is 0 Å². The van der Waals surface area contributed by atoms with E-state index in [0.717, 1.165) is 6.26 Å². The highest BCUT2D eigenvalue weighted by molar-refractivity contribution is 7.92. The van der Waals surface area contributed by atoms with E-state index >= 15 is 0 Å². The number of amides is 2. The predicted octanol–water partition coefficient (Wildman–Crippen LogP) is 0.514. The fourth-order valence-corrected chi connectivity index (χ4v) is 1.28. The molecule has 0 aromatic rings. The fourth-order valence-electron chi connectivity index (χ4n) is 0.941. The molecule has 0 saturated carbocycles. The van der Waals surface area contributed by atoms with E-state index in [2.05, 4.69) is 0 Å². The second kappa shape index (κ2) is 5.70. The molecule has 0 bridgehead atoms. The Morgan fingerprint density at radius 2 is 1.57 bits per heavy atom. The van der Waals surface area contributed by atoms with Crippen molar-refractivity contribution in [2.24, 2.45) is 0 Å². The standard InChI is InChI=1S/C10H17F3N2O5S/c1-8(2,21(4,19)20)5-14-7(18)15-9(3,6(16)17)10(11,12)13/h5H2,1-4H3,(H,16,17)(H2,14,15,18). The van der Waals surface area contributed by atoms with Gasteiger partial charge in [0.2, 0.25) is 5.54 Å². The van der Waals surface area contributed by atoms with Crippen LogP contribution in [0, 0.1) is 0 Å². The third-order valence-electron chi connectivity index (χ3n) is 3.04. The molecule has 0 aromatic carbocycles. The van der Waals surface area contributed by atoms with E-state index in [-0.39, 0.29) is 6.92 Å². The fraction of sp³-hybridized carbons (Fsp3) is 0.800. The van der Waals surface area contributed by atoms with E-state index in [1.165, 1.54) is 19.2 Å². The van der Waals surface area contributed by atoms with Crippen molar-refractivity contribution in [3.8, 4) is 0 Å². The molecule has 0 radical (unpaired) electrons. The first kappa shape index (κ1) is 19.5. The van der Waals surface area contributed by atoms with Crippen LogP contribution in [0.2, 0.25) is 0 Å². The molecule has 2 amide bonds. The molecule has 0 rings (SSSR count). The summed E-state index contributed by atoms with van der Waals surface area (Å²) in [4.78, 5) is 22.1. The van der Waals surface area contributed by atoms with E-state index in [1.54, 1.807) is 0 Å². The molecule has 3 N–H and O–H groups in total. The summed E-state index contributed by atoms with van der Waals surface area (Å²) in [7, 11) is -3.57. The van der Waals surface area contributed by atoms with Gasteiger partial charge in [-0.25, -0.2) is 18.0 Å². The van der Waals surface area contributed by atoms with Crippen LogP contribution in [-0.4, -0.2) is 54.8 Å². The maximum Gasteiger partial charge on any atom is 0.422 e. The maximum absolute atomic E-state index is 12.7. The summed E-state index contributed by atoms with van der Waals surface area (Å²) in [5.41, 5.74) is -3.48. The van der Waals surface area contributed by atoms with E-state index in [9.17, 15) is 31.2 Å². The molecule has 1 unspecified atom stereocenters. The Balaban J connectivity index is 4.97. The summed E-state index contributed by atoms with van der Waals surface area (Å²) >= 11 is 0. The third kappa shape index (κ3) is 4.48. The van der Waals surface area contributed by atoms with Crippen LogP contribution >= 0.6 is 0 Å². The summed E-state index contributed by atoms with van der Waals surface area (Å²) < 4.78 is 59.3. The van der Waals surface area contributed by atoms with Crippen LogP contribution in [0.3, 0.4) is 0 Å². The van der Waals surface area contributed by atoms with Crippen molar-refractivity contribution in [2.45, 2.75) is 37.2 Å². The Bertz CT molecular complexity index is 529. The summed E-state index contributed by atoms with van der Waals surface area (Å²) in [5, 5.41) is 11.8. The van der Waals surface area contributed by atoms with Gasteiger partial charge in [0.15, 0.2) is 9.84 Å². The lowest BCUT2D eigenvalue weighted by Gasteiger charge is -2.29. The first-order chi connectivity index (χ1) is 9.04. The van der Waals surface area contributed by atoms with Crippen LogP contribution in [0.15, 0.2) is 0 Å². The lowest BCUT2D eigenvalue weighted by atomic mass is 10.0. The number of sulfone groups is 1. The lowest BCUT2D eigenvalue weighted by Crippen LogP contribution is -2.64. The largest absolute Gasteiger partial charge is 0.479 e. The first-order valence-electron chi connectivity index (χ1n) is 5.60. The third-order valence-corrected chi connectivity index (χ3v) is 5.19. The number of halogens is 3. The highest BCUT2D eigenvalue weighted by Gasteiger charge is 2.58. The normalized spacial score (nSPS) is 16.0. The average Bonchev–Trinajstić information content (AvgIpc) is 2.23. The minimum atomic E-state index is -5.22. The van der Waals surface area contributed by atoms with Gasteiger partial charge in [0.05, 0.1) is 4.75 Å². The van der Waals surface area contributed by atoms with E-state index in [0.29, 0.717) is 0 Å². The van der Waals surface area contributed by atoms with Gasteiger partial charge in [-0.3, -0.25) is 0 Å². The van der Waals surface area contributed by atoms with Gasteiger partial charge >= 0.3 is 18.2 Å². The minimum absolute atomic E-state index is 0.288. The number of hydrogen-bond donors (Lipinski definition) is 3. The van der Waals surface area contributed by atoms with E-state index in [4.69, 9.17) is 5.11 Å². The average molecular weight is 334 g/mol. The number of carbonyl (C=O) groups is 2. The van der Waals surface area contributed by atoms with Gasteiger partial charge in [0.25, 0.3) is 0 Å². The Labute approximate surface area is 119 Å². The van der Waals surface area contributed by atoms with Gasteiger partial charge in [-0.2, -0.15) is 13.2 Å². The molecule has 21 heavy (non-hydrogen) atoms. The number of hydrogen-bond acceptors (Lipinski definition) is 4. The quantitative estimate of drug-likeness (QED) is 0.678. The smallest absolute Gasteiger partial charge is 0.422 e. The Morgan fingerprint density at radius 1 is 1.14 bits per heavy atom. The number of carboxylic acid groups (broad SMARTS) is 1. The van der Waals surface area contributed by atoms with Crippen molar-refractivity contribution in [1.82, 2.24) is 10.6 Å². The monoisotopic (exact) mass is 334 g/mol. The summed E-state index contributed by atoms with van der Waals surface area (Å²) in [6.45, 7) is 2.34. The number of alkyl halides is 3. The molecule has 0 aliphatic rings. The van der Waals surface area contributed by atoms with Crippen molar-refractivity contribution < 1.29 is 36.3 Å². The van der Waals surface area contributed by atoms with Gasteiger partial charge in [-0.05, 0) is 20.8 Å². The van der Waals surface area contributed by atoms with Gasteiger partial charge < -0.3 is 15.7 Å². The molecule has 0 saturated heterocycles. The highest BCUT2D eigenvalue weighted by atomic mass is 32.2. The zero-order chi connectivity index (χ0) is 17.3. The molecule has 7 nitrogen and oxygen atoms in total. The molecule has 1 atom stereocenters. The minimum Gasteiger partial charge on any atom is -0.479 e. The van der Waals surface area contributed by atoms with Crippen LogP contribution in [-0.2, 0) is 14.6 Å². The number of carbonyl (C=O) groups excluding carboxylic acids is 1. The molecule has 0 aliphatic carbocycles. The zero-order valence-electron chi connectivity index (χ0n) is 11.8. The first-order valence-corrected chi connectivity index (χ1v) is 7.49. The van der Waals surface area contributed by atoms with Crippen LogP contribution in [0.5, 0.6) is 0 Å². The van der Waals surface area contributed by atoms with Crippen LogP contribution in [0.1, 0.15) is 20.8 Å². The Kier molecular flexibility index (Phi) is 5.29. The van der Waals surface area contributed by atoms with Crippen LogP contribution in [0.25, 0.3) is 0 Å². The van der Waals surface area contributed by atoms with E-state index in [1.807, 2.05) is 5.32 Å². The molecular formula is C10H17F3N2O5S.